The molecular weight excluding hydrogens is 357 g/mol. The highest BCUT2D eigenvalue weighted by atomic mass is 19.1. The zero-order valence-electron chi connectivity index (χ0n) is 14.9. The Morgan fingerprint density at radius 3 is 2.86 bits per heavy atom. The normalized spacial score (nSPS) is 13.3. The molecule has 0 N–H and O–H groups in total. The van der Waals surface area contributed by atoms with E-state index in [0.717, 1.165) is 17.5 Å². The van der Waals surface area contributed by atoms with E-state index in [0.29, 0.717) is 41.9 Å². The lowest BCUT2D eigenvalue weighted by molar-refractivity contribution is 0.0780. The van der Waals surface area contributed by atoms with Crippen molar-refractivity contribution in [1.82, 2.24) is 24.3 Å². The van der Waals surface area contributed by atoms with Crippen molar-refractivity contribution in [2.45, 2.75) is 13.0 Å². The van der Waals surface area contributed by atoms with Crippen molar-refractivity contribution in [3.8, 4) is 11.1 Å². The molecule has 5 heterocycles. The van der Waals surface area contributed by atoms with Crippen molar-refractivity contribution in [2.75, 3.05) is 6.54 Å². The van der Waals surface area contributed by atoms with Gasteiger partial charge in [0.1, 0.15) is 11.5 Å². The molecule has 0 aliphatic carbocycles. The van der Waals surface area contributed by atoms with Crippen LogP contribution in [0.4, 0.5) is 4.39 Å². The molecule has 0 atom stereocenters. The smallest absolute Gasteiger partial charge is 0.256 e. The first-order chi connectivity index (χ1) is 13.7. The highest BCUT2D eigenvalue weighted by molar-refractivity contribution is 6.04. The molecule has 0 fully saturated rings. The Bertz CT molecular complexity index is 1170. The summed E-state index contributed by atoms with van der Waals surface area (Å²) in [6.07, 6.45) is 8.85. The average molecular weight is 373 g/mol. The van der Waals surface area contributed by atoms with Crippen LogP contribution in [0.2, 0.25) is 0 Å². The van der Waals surface area contributed by atoms with Crippen LogP contribution in [0.1, 0.15) is 21.7 Å². The summed E-state index contributed by atoms with van der Waals surface area (Å²) in [5, 5.41) is 0. The van der Waals surface area contributed by atoms with E-state index in [1.165, 1.54) is 6.20 Å². The number of nitrogens with zero attached hydrogens (tertiary/aromatic N) is 5. The first-order valence-electron chi connectivity index (χ1n) is 9.00. The van der Waals surface area contributed by atoms with E-state index in [9.17, 15) is 9.18 Å². The van der Waals surface area contributed by atoms with E-state index in [1.54, 1.807) is 23.2 Å². The van der Waals surface area contributed by atoms with Crippen LogP contribution in [0, 0.1) is 5.82 Å². The molecular formula is C21H16FN5O. The fraction of sp³-hybridized carbons (Fsp3) is 0.143. The largest absolute Gasteiger partial charge is 0.332 e. The van der Waals surface area contributed by atoms with E-state index >= 15 is 0 Å². The molecule has 0 unspecified atom stereocenters. The maximum Gasteiger partial charge on any atom is 0.256 e. The molecule has 28 heavy (non-hydrogen) atoms. The third-order valence-electron chi connectivity index (χ3n) is 4.99. The number of rotatable bonds is 4. The molecule has 0 spiro atoms. The molecule has 0 radical (unpaired) electrons. The zero-order chi connectivity index (χ0) is 19.1. The summed E-state index contributed by atoms with van der Waals surface area (Å²) in [7, 11) is 0. The van der Waals surface area contributed by atoms with E-state index in [4.69, 9.17) is 0 Å². The highest BCUT2D eigenvalue weighted by Gasteiger charge is 2.31. The van der Waals surface area contributed by atoms with Crippen LogP contribution in [0.5, 0.6) is 0 Å². The number of aromatic nitrogens is 4. The summed E-state index contributed by atoms with van der Waals surface area (Å²) in [6.45, 7) is 0.944. The van der Waals surface area contributed by atoms with Gasteiger partial charge in [-0.05, 0) is 24.3 Å². The van der Waals surface area contributed by atoms with Crippen molar-refractivity contribution in [3.05, 3.63) is 84.1 Å². The molecule has 4 aromatic heterocycles. The summed E-state index contributed by atoms with van der Waals surface area (Å²) in [5.41, 5.74) is 3.87. The fourth-order valence-corrected chi connectivity index (χ4v) is 3.63. The monoisotopic (exact) mass is 373 g/mol. The molecule has 0 aromatic carbocycles. The van der Waals surface area contributed by atoms with Crippen molar-refractivity contribution in [1.29, 1.82) is 0 Å². The molecule has 138 valence electrons. The van der Waals surface area contributed by atoms with Gasteiger partial charge in [0.25, 0.3) is 5.91 Å². The van der Waals surface area contributed by atoms with Gasteiger partial charge in [0.15, 0.2) is 0 Å². The van der Waals surface area contributed by atoms with Gasteiger partial charge in [-0.25, -0.2) is 9.37 Å². The maximum atomic E-state index is 14.2. The second kappa shape index (κ2) is 6.53. The number of carbonyl (C=O) groups excluding carboxylic acids is 1. The lowest BCUT2D eigenvalue weighted by Gasteiger charge is -2.14. The van der Waals surface area contributed by atoms with Crippen LogP contribution in [0.15, 0.2) is 61.3 Å². The van der Waals surface area contributed by atoms with Gasteiger partial charge in [-0.15, -0.1) is 0 Å². The second-order valence-electron chi connectivity index (χ2n) is 6.71. The molecule has 1 aliphatic heterocycles. The summed E-state index contributed by atoms with van der Waals surface area (Å²) in [5.74, 6) is -0.579. The average Bonchev–Trinajstić information content (AvgIpc) is 3.27. The third kappa shape index (κ3) is 2.72. The summed E-state index contributed by atoms with van der Waals surface area (Å²) < 4.78 is 16.2. The van der Waals surface area contributed by atoms with Crippen molar-refractivity contribution in [3.63, 3.8) is 0 Å². The lowest BCUT2D eigenvalue weighted by Crippen LogP contribution is -2.26. The number of hydrogen-bond acceptors (Lipinski definition) is 4. The Morgan fingerprint density at radius 1 is 1.11 bits per heavy atom. The summed E-state index contributed by atoms with van der Waals surface area (Å²) in [4.78, 5) is 27.5. The number of fused-ring (bicyclic) bond motifs is 2. The third-order valence-corrected chi connectivity index (χ3v) is 4.99. The van der Waals surface area contributed by atoms with Gasteiger partial charge in [0.2, 0.25) is 0 Å². The SMILES string of the molecule is O=C1c2c(-c3ccncc3F)ccnc2CN1CCc1cn2ccccc2n1. The highest BCUT2D eigenvalue weighted by Crippen LogP contribution is 2.32. The van der Waals surface area contributed by atoms with Crippen LogP contribution in [-0.4, -0.2) is 36.7 Å². The van der Waals surface area contributed by atoms with Crippen LogP contribution >= 0.6 is 0 Å². The Kier molecular flexibility index (Phi) is 3.86. The van der Waals surface area contributed by atoms with Gasteiger partial charge in [0.05, 0.1) is 29.7 Å². The Hall–Kier alpha value is -3.61. The van der Waals surface area contributed by atoms with Gasteiger partial charge in [0, 0.05) is 48.9 Å². The molecule has 1 amide bonds. The number of hydrogen-bond donors (Lipinski definition) is 0. The van der Waals surface area contributed by atoms with Gasteiger partial charge in [-0.3, -0.25) is 14.8 Å². The quantitative estimate of drug-likeness (QED) is 0.551. The number of amides is 1. The Balaban J connectivity index is 1.40. The van der Waals surface area contributed by atoms with Crippen molar-refractivity contribution in [2.24, 2.45) is 0 Å². The number of halogens is 1. The van der Waals surface area contributed by atoms with Crippen LogP contribution in [0.3, 0.4) is 0 Å². The summed E-state index contributed by atoms with van der Waals surface area (Å²) in [6, 6.07) is 9.10. The van der Waals surface area contributed by atoms with E-state index < -0.39 is 5.82 Å². The first kappa shape index (κ1) is 16.6. The van der Waals surface area contributed by atoms with Gasteiger partial charge < -0.3 is 9.30 Å². The molecule has 6 nitrogen and oxygen atoms in total. The lowest BCUT2D eigenvalue weighted by atomic mass is 10.0. The Labute approximate surface area is 160 Å². The van der Waals surface area contributed by atoms with Gasteiger partial charge in [-0.1, -0.05) is 6.07 Å². The zero-order valence-corrected chi connectivity index (χ0v) is 14.9. The number of imidazole rings is 1. The second-order valence-corrected chi connectivity index (χ2v) is 6.71. The van der Waals surface area contributed by atoms with Crippen LogP contribution < -0.4 is 0 Å². The molecule has 4 aromatic rings. The molecule has 0 saturated carbocycles. The van der Waals surface area contributed by atoms with Crippen LogP contribution in [0.25, 0.3) is 16.8 Å². The minimum absolute atomic E-state index is 0.127. The Morgan fingerprint density at radius 2 is 2.00 bits per heavy atom. The van der Waals surface area contributed by atoms with E-state index in [2.05, 4.69) is 15.0 Å². The van der Waals surface area contributed by atoms with Crippen molar-refractivity contribution >= 4 is 11.6 Å². The van der Waals surface area contributed by atoms with E-state index in [-0.39, 0.29) is 5.91 Å². The topological polar surface area (TPSA) is 63.4 Å². The van der Waals surface area contributed by atoms with E-state index in [1.807, 2.05) is 35.0 Å². The predicted octanol–water partition coefficient (Wildman–Crippen LogP) is 3.13. The van der Waals surface area contributed by atoms with Gasteiger partial charge in [-0.2, -0.15) is 0 Å². The number of carbonyl (C=O) groups is 1. The molecule has 1 aliphatic rings. The minimum atomic E-state index is -0.452. The summed E-state index contributed by atoms with van der Waals surface area (Å²) >= 11 is 0. The first-order valence-corrected chi connectivity index (χ1v) is 9.00. The molecule has 5 rings (SSSR count). The fourth-order valence-electron chi connectivity index (χ4n) is 3.63. The number of pyridine rings is 3. The standard InChI is InChI=1S/C21H16FN5O/c22-17-11-23-7-4-15(17)16-5-8-24-18-13-27(21(28)20(16)18)10-6-14-12-26-9-2-1-3-19(26)25-14/h1-5,7-9,11-12H,6,10,13H2. The van der Waals surface area contributed by atoms with Crippen molar-refractivity contribution < 1.29 is 9.18 Å². The van der Waals surface area contributed by atoms with Crippen LogP contribution in [-0.2, 0) is 13.0 Å². The minimum Gasteiger partial charge on any atom is -0.332 e. The molecule has 7 heteroatoms. The van der Waals surface area contributed by atoms with Gasteiger partial charge >= 0.3 is 0 Å². The molecule has 0 saturated heterocycles. The molecule has 0 bridgehead atoms. The predicted molar refractivity (Wildman–Crippen MR) is 101 cm³/mol. The maximum absolute atomic E-state index is 14.2.